The van der Waals surface area contributed by atoms with Crippen molar-refractivity contribution in [3.05, 3.63) is 40.4 Å². The molecule has 14 heteroatoms. The highest BCUT2D eigenvalue weighted by molar-refractivity contribution is 7.71. The smallest absolute Gasteiger partial charge is 0.303 e. The van der Waals surface area contributed by atoms with E-state index in [1.54, 1.807) is 0 Å². The summed E-state index contributed by atoms with van der Waals surface area (Å²) in [6, 6.07) is 6.64. The number of nitrogens with one attached hydrogen (secondary N) is 1. The number of carbonyl (C=O) groups excluding carboxylic acids is 4. The van der Waals surface area contributed by atoms with E-state index in [0.717, 1.165) is 18.4 Å². The van der Waals surface area contributed by atoms with Gasteiger partial charge in [0, 0.05) is 33.7 Å². The first kappa shape index (κ1) is 30.2. The molecule has 4 rings (SSSR count). The van der Waals surface area contributed by atoms with Crippen LogP contribution in [0.5, 0.6) is 5.75 Å². The summed E-state index contributed by atoms with van der Waals surface area (Å²) in [6.45, 7) is 6.62. The number of ether oxygens (including phenoxy) is 5. The average molecular weight is 591 g/mol. The van der Waals surface area contributed by atoms with Crippen molar-refractivity contribution in [2.75, 3.05) is 6.61 Å². The van der Waals surface area contributed by atoms with Crippen LogP contribution >= 0.6 is 12.2 Å². The monoisotopic (exact) mass is 590 g/mol. The lowest BCUT2D eigenvalue weighted by Gasteiger charge is -2.45. The Kier molecular flexibility index (Phi) is 9.43. The number of nitrogens with zero attached hydrogens (tertiary/aromatic N) is 3. The van der Waals surface area contributed by atoms with Crippen molar-refractivity contribution in [3.8, 4) is 5.75 Å². The van der Waals surface area contributed by atoms with Gasteiger partial charge in [0.05, 0.1) is 0 Å². The zero-order chi connectivity index (χ0) is 29.8. The van der Waals surface area contributed by atoms with Crippen molar-refractivity contribution >= 4 is 36.0 Å². The number of aryl methyl sites for hydroxylation is 1. The summed E-state index contributed by atoms with van der Waals surface area (Å²) in [5.41, 5.74) is 1.04. The van der Waals surface area contributed by atoms with Crippen LogP contribution in [0.15, 0.2) is 24.3 Å². The van der Waals surface area contributed by atoms with Gasteiger partial charge in [-0.05, 0) is 49.7 Å². The Bertz CT molecular complexity index is 1370. The van der Waals surface area contributed by atoms with E-state index in [1.807, 2.05) is 35.8 Å². The minimum Gasteiger partial charge on any atom is -0.486 e. The minimum absolute atomic E-state index is 0.106. The van der Waals surface area contributed by atoms with Crippen LogP contribution in [0.1, 0.15) is 64.2 Å². The Morgan fingerprint density at radius 1 is 1.05 bits per heavy atom. The van der Waals surface area contributed by atoms with Gasteiger partial charge in [0.25, 0.3) is 0 Å². The molecule has 1 aromatic carbocycles. The van der Waals surface area contributed by atoms with Gasteiger partial charge in [0.2, 0.25) is 10.7 Å². The molecule has 2 aromatic rings. The predicted molar refractivity (Wildman–Crippen MR) is 144 cm³/mol. The molecule has 5 atom stereocenters. The second-order valence-electron chi connectivity index (χ2n) is 10.1. The van der Waals surface area contributed by atoms with Crippen LogP contribution in [-0.4, -0.2) is 69.1 Å². The molecule has 0 unspecified atom stereocenters. The summed E-state index contributed by atoms with van der Waals surface area (Å²) in [7, 11) is 0. The van der Waals surface area contributed by atoms with Gasteiger partial charge in [0.1, 0.15) is 31.1 Å². The fourth-order valence-corrected chi connectivity index (χ4v) is 5.17. The fraction of sp³-hybridized carbons (Fsp3) is 0.556. The summed E-state index contributed by atoms with van der Waals surface area (Å²) in [5.74, 6) is -1.23. The molecule has 2 fully saturated rings. The number of hydrogen-bond acceptors (Lipinski definition) is 11. The summed E-state index contributed by atoms with van der Waals surface area (Å²) >= 11 is 5.84. The first-order valence-corrected chi connectivity index (χ1v) is 13.6. The van der Waals surface area contributed by atoms with Gasteiger partial charge in [0.15, 0.2) is 24.3 Å². The SMILES string of the molecule is CC(=O)N[C@@H]1[C@@H](OC(C)=O)[C@H](OC(C)=O)[C@@H](COC(C)=O)O[C@H]1n1nc(COc2cccc(C)c2)n(C2CC2)c1=S. The van der Waals surface area contributed by atoms with Crippen molar-refractivity contribution in [1.82, 2.24) is 19.7 Å². The maximum atomic E-state index is 12.3. The van der Waals surface area contributed by atoms with E-state index in [-0.39, 0.29) is 19.3 Å². The summed E-state index contributed by atoms with van der Waals surface area (Å²) in [5, 5.41) is 7.49. The zero-order valence-corrected chi connectivity index (χ0v) is 24.3. The molecule has 0 bridgehead atoms. The third-order valence-corrected chi connectivity index (χ3v) is 6.89. The molecule has 41 heavy (non-hydrogen) atoms. The number of rotatable bonds is 10. The first-order chi connectivity index (χ1) is 19.4. The van der Waals surface area contributed by atoms with Crippen molar-refractivity contribution in [3.63, 3.8) is 0 Å². The lowest BCUT2D eigenvalue weighted by Crippen LogP contribution is -2.64. The Labute approximate surface area is 242 Å². The van der Waals surface area contributed by atoms with E-state index in [1.165, 1.54) is 32.4 Å². The predicted octanol–water partition coefficient (Wildman–Crippen LogP) is 2.47. The topological polar surface area (TPSA) is 149 Å². The van der Waals surface area contributed by atoms with Crippen molar-refractivity contribution in [1.29, 1.82) is 0 Å². The second kappa shape index (κ2) is 12.8. The molecule has 1 saturated carbocycles. The highest BCUT2D eigenvalue weighted by Crippen LogP contribution is 2.38. The fourth-order valence-electron chi connectivity index (χ4n) is 4.77. The lowest BCUT2D eigenvalue weighted by atomic mass is 9.95. The van der Waals surface area contributed by atoms with Crippen LogP contribution in [0.2, 0.25) is 0 Å². The molecule has 1 aliphatic carbocycles. The molecule has 0 spiro atoms. The second-order valence-corrected chi connectivity index (χ2v) is 10.5. The quantitative estimate of drug-likeness (QED) is 0.247. The minimum atomic E-state index is -1.22. The zero-order valence-electron chi connectivity index (χ0n) is 23.5. The molecule has 1 saturated heterocycles. The van der Waals surface area contributed by atoms with Gasteiger partial charge in [-0.15, -0.1) is 0 Å². The largest absolute Gasteiger partial charge is 0.486 e. The van der Waals surface area contributed by atoms with Crippen molar-refractivity contribution in [2.24, 2.45) is 0 Å². The molecule has 2 heterocycles. The Morgan fingerprint density at radius 2 is 1.73 bits per heavy atom. The van der Waals surface area contributed by atoms with Crippen LogP contribution in [0, 0.1) is 11.7 Å². The van der Waals surface area contributed by atoms with Crippen LogP contribution < -0.4 is 10.1 Å². The van der Waals surface area contributed by atoms with E-state index in [9.17, 15) is 19.2 Å². The number of benzene rings is 1. The number of carbonyl (C=O) groups is 4. The molecule has 0 radical (unpaired) electrons. The van der Waals surface area contributed by atoms with Crippen LogP contribution in [0.4, 0.5) is 0 Å². The maximum Gasteiger partial charge on any atom is 0.303 e. The molecular formula is C27H34N4O9S. The van der Waals surface area contributed by atoms with Crippen LogP contribution in [-0.2, 0) is 44.7 Å². The van der Waals surface area contributed by atoms with E-state index >= 15 is 0 Å². The van der Waals surface area contributed by atoms with E-state index < -0.39 is 54.4 Å². The molecule has 1 N–H and O–H groups in total. The lowest BCUT2D eigenvalue weighted by molar-refractivity contribution is -0.239. The normalized spacial score (nSPS) is 23.8. The first-order valence-electron chi connectivity index (χ1n) is 13.2. The number of hydrogen-bond donors (Lipinski definition) is 1. The van der Waals surface area contributed by atoms with E-state index in [4.69, 9.17) is 41.0 Å². The maximum absolute atomic E-state index is 12.3. The Balaban J connectivity index is 1.76. The third kappa shape index (κ3) is 7.50. The van der Waals surface area contributed by atoms with E-state index in [2.05, 4.69) is 5.32 Å². The molecule has 13 nitrogen and oxygen atoms in total. The van der Waals surface area contributed by atoms with Gasteiger partial charge in [-0.1, -0.05) is 12.1 Å². The molecule has 222 valence electrons. The molecule has 1 aliphatic heterocycles. The van der Waals surface area contributed by atoms with Gasteiger partial charge in [-0.25, -0.2) is 4.68 Å². The average Bonchev–Trinajstić information content (AvgIpc) is 3.66. The van der Waals surface area contributed by atoms with Gasteiger partial charge >= 0.3 is 17.9 Å². The van der Waals surface area contributed by atoms with Crippen molar-refractivity contribution < 1.29 is 42.9 Å². The Hall–Kier alpha value is -3.78. The number of amides is 1. The van der Waals surface area contributed by atoms with Gasteiger partial charge in [-0.2, -0.15) is 5.10 Å². The Morgan fingerprint density at radius 3 is 2.32 bits per heavy atom. The highest BCUT2D eigenvalue weighted by Gasteiger charge is 2.52. The molecule has 2 aliphatic rings. The summed E-state index contributed by atoms with van der Waals surface area (Å²) in [6.07, 6.45) is -2.84. The van der Waals surface area contributed by atoms with Crippen molar-refractivity contribution in [2.45, 2.75) is 90.7 Å². The van der Waals surface area contributed by atoms with Gasteiger partial charge in [-0.3, -0.25) is 23.7 Å². The van der Waals surface area contributed by atoms with Gasteiger partial charge < -0.3 is 29.0 Å². The summed E-state index contributed by atoms with van der Waals surface area (Å²) in [4.78, 5) is 48.2. The summed E-state index contributed by atoms with van der Waals surface area (Å²) < 4.78 is 32.2. The number of esters is 3. The highest BCUT2D eigenvalue weighted by atomic mass is 32.1. The molecular weight excluding hydrogens is 556 g/mol. The van der Waals surface area contributed by atoms with Crippen LogP contribution in [0.25, 0.3) is 0 Å². The number of aromatic nitrogens is 3. The molecule has 1 amide bonds. The molecule has 1 aromatic heterocycles. The standard InChI is InChI=1S/C27H34N4O9S/c1-14-7-6-8-20(11-14)37-13-22-29-31(27(41)30(22)19-9-10-19)26-23(28-15(2)32)25(39-18(5)35)24(38-17(4)34)21(40-26)12-36-16(3)33/h6-8,11,19,21,23-26H,9-10,12-13H2,1-5H3,(H,28,32)/t21-,23-,24-,25-,26-/m1/s1. The third-order valence-electron chi connectivity index (χ3n) is 6.50. The van der Waals surface area contributed by atoms with Crippen LogP contribution in [0.3, 0.4) is 0 Å². The van der Waals surface area contributed by atoms with E-state index in [0.29, 0.717) is 16.3 Å².